The summed E-state index contributed by atoms with van der Waals surface area (Å²) in [7, 11) is 0. The van der Waals surface area contributed by atoms with Crippen molar-refractivity contribution in [2.75, 3.05) is 11.4 Å². The summed E-state index contributed by atoms with van der Waals surface area (Å²) in [5, 5.41) is 11.3. The molecule has 156 valence electrons. The highest BCUT2D eigenvalue weighted by Gasteiger charge is 2.64. The molecule has 2 aliphatic rings. The van der Waals surface area contributed by atoms with E-state index in [-0.39, 0.29) is 12.1 Å². The summed E-state index contributed by atoms with van der Waals surface area (Å²) in [6.07, 6.45) is -0.0478. The lowest BCUT2D eigenvalue weighted by molar-refractivity contribution is -0.384. The van der Waals surface area contributed by atoms with Gasteiger partial charge >= 0.3 is 11.9 Å². The lowest BCUT2D eigenvalue weighted by Crippen LogP contribution is -2.62. The molecule has 1 atom stereocenters. The van der Waals surface area contributed by atoms with Crippen molar-refractivity contribution < 1.29 is 24.0 Å². The second-order valence-electron chi connectivity index (χ2n) is 8.00. The quantitative estimate of drug-likeness (QED) is 0.330. The summed E-state index contributed by atoms with van der Waals surface area (Å²) in [5.41, 5.74) is 0.266. The molecule has 1 spiro atoms. The monoisotopic (exact) mass is 410 g/mol. The van der Waals surface area contributed by atoms with Gasteiger partial charge in [-0.3, -0.25) is 19.7 Å². The van der Waals surface area contributed by atoms with Gasteiger partial charge in [0.25, 0.3) is 11.5 Å². The minimum Gasteiger partial charge on any atom is -0.422 e. The van der Waals surface area contributed by atoms with E-state index >= 15 is 0 Å². The number of rotatable bonds is 3. The van der Waals surface area contributed by atoms with Gasteiger partial charge in [0, 0.05) is 44.6 Å². The molecule has 2 aromatic rings. The number of nitrogens with zero attached hydrogens (tertiary/aromatic N) is 2. The van der Waals surface area contributed by atoms with Crippen molar-refractivity contribution in [1.29, 1.82) is 0 Å². The number of carbonyl (C=O) groups is 2. The van der Waals surface area contributed by atoms with Gasteiger partial charge in [0.1, 0.15) is 0 Å². The van der Waals surface area contributed by atoms with Crippen molar-refractivity contribution in [2.24, 2.45) is 5.41 Å². The first-order valence-electron chi connectivity index (χ1n) is 9.75. The molecule has 0 N–H and O–H groups in total. The molecule has 2 heterocycles. The zero-order valence-corrected chi connectivity index (χ0v) is 17.0. The molecule has 0 aromatic heterocycles. The van der Waals surface area contributed by atoms with Gasteiger partial charge in [-0.15, -0.1) is 0 Å². The van der Waals surface area contributed by atoms with Crippen LogP contribution in [0.1, 0.15) is 37.9 Å². The van der Waals surface area contributed by atoms with Crippen LogP contribution < -0.4 is 4.90 Å². The first-order valence-corrected chi connectivity index (χ1v) is 9.75. The number of ether oxygens (including phenoxy) is 2. The predicted molar refractivity (Wildman–Crippen MR) is 108 cm³/mol. The van der Waals surface area contributed by atoms with Gasteiger partial charge in [-0.2, -0.15) is 0 Å². The number of carbonyl (C=O) groups excluding carboxylic acids is 2. The van der Waals surface area contributed by atoms with E-state index in [1.807, 2.05) is 42.2 Å². The molecular weight excluding hydrogens is 388 g/mol. The number of non-ortho nitro benzene ring substituents is 1. The molecule has 1 unspecified atom stereocenters. The van der Waals surface area contributed by atoms with E-state index in [1.165, 1.54) is 26.0 Å². The van der Waals surface area contributed by atoms with Crippen LogP contribution in [0.25, 0.3) is 0 Å². The Hall–Kier alpha value is -3.42. The molecule has 4 rings (SSSR count). The van der Waals surface area contributed by atoms with Crippen molar-refractivity contribution in [1.82, 2.24) is 0 Å². The van der Waals surface area contributed by atoms with E-state index in [2.05, 4.69) is 0 Å². The molecule has 0 saturated carbocycles. The fraction of sp³-hybridized carbons (Fsp3) is 0.364. The molecule has 2 aliphatic heterocycles. The third-order valence-electron chi connectivity index (χ3n) is 5.69. The zero-order valence-electron chi connectivity index (χ0n) is 17.0. The van der Waals surface area contributed by atoms with E-state index in [4.69, 9.17) is 9.47 Å². The summed E-state index contributed by atoms with van der Waals surface area (Å²) in [6, 6.07) is 13.1. The van der Waals surface area contributed by atoms with E-state index in [9.17, 15) is 19.7 Å². The van der Waals surface area contributed by atoms with Crippen molar-refractivity contribution in [3.8, 4) is 0 Å². The molecule has 30 heavy (non-hydrogen) atoms. The van der Waals surface area contributed by atoms with E-state index < -0.39 is 34.1 Å². The summed E-state index contributed by atoms with van der Waals surface area (Å²) < 4.78 is 11.1. The molecule has 1 fully saturated rings. The Morgan fingerprint density at radius 1 is 1.10 bits per heavy atom. The predicted octanol–water partition coefficient (Wildman–Crippen LogP) is 3.54. The standard InChI is InChI=1S/C22H22N2O6/c1-4-23-17-11-10-16(24(27)28)12-15(17)13-22(18(23)14-8-6-5-7-9-14)19(25)29-21(2,3)30-20(22)26/h5-12,18H,4,13H2,1-3H3. The van der Waals surface area contributed by atoms with Crippen LogP contribution in [-0.2, 0) is 25.5 Å². The van der Waals surface area contributed by atoms with Crippen LogP contribution in [0.2, 0.25) is 0 Å². The highest BCUT2D eigenvalue weighted by atomic mass is 16.7. The van der Waals surface area contributed by atoms with Gasteiger partial charge in [-0.05, 0) is 24.1 Å². The highest BCUT2D eigenvalue weighted by Crippen LogP contribution is 2.53. The minimum atomic E-state index is -1.67. The maximum absolute atomic E-state index is 13.4. The van der Waals surface area contributed by atoms with Crippen LogP contribution in [0, 0.1) is 15.5 Å². The van der Waals surface area contributed by atoms with Crippen LogP contribution in [0.4, 0.5) is 11.4 Å². The smallest absolute Gasteiger partial charge is 0.329 e. The number of cyclic esters (lactones) is 2. The topological polar surface area (TPSA) is 99.0 Å². The molecular formula is C22H22N2O6. The van der Waals surface area contributed by atoms with Crippen LogP contribution >= 0.6 is 0 Å². The van der Waals surface area contributed by atoms with Gasteiger partial charge in [0.05, 0.1) is 11.0 Å². The molecule has 0 aliphatic carbocycles. The lowest BCUT2D eigenvalue weighted by atomic mass is 9.68. The molecule has 8 heteroatoms. The van der Waals surface area contributed by atoms with E-state index in [0.717, 1.165) is 11.3 Å². The van der Waals surface area contributed by atoms with Gasteiger partial charge in [0.15, 0.2) is 5.41 Å². The van der Waals surface area contributed by atoms with Crippen molar-refractivity contribution in [3.63, 3.8) is 0 Å². The molecule has 0 radical (unpaired) electrons. The number of fused-ring (bicyclic) bond motifs is 1. The normalized spacial score (nSPS) is 21.6. The molecule has 0 amide bonds. The van der Waals surface area contributed by atoms with E-state index in [0.29, 0.717) is 12.1 Å². The molecule has 1 saturated heterocycles. The van der Waals surface area contributed by atoms with Crippen molar-refractivity contribution >= 4 is 23.3 Å². The third-order valence-corrected chi connectivity index (χ3v) is 5.69. The zero-order chi connectivity index (χ0) is 21.7. The summed E-state index contributed by atoms with van der Waals surface area (Å²) in [4.78, 5) is 39.5. The number of hydrogen-bond acceptors (Lipinski definition) is 7. The van der Waals surface area contributed by atoms with Crippen LogP contribution in [0.15, 0.2) is 48.5 Å². The fourth-order valence-electron chi connectivity index (χ4n) is 4.46. The van der Waals surface area contributed by atoms with Gasteiger partial charge in [0.2, 0.25) is 0 Å². The number of benzene rings is 2. The molecule has 2 aromatic carbocycles. The Morgan fingerprint density at radius 3 is 2.30 bits per heavy atom. The SMILES string of the molecule is CCN1c2ccc([N+](=O)[O-])cc2CC2(C(=O)OC(C)(C)OC2=O)C1c1ccccc1. The first-order chi connectivity index (χ1) is 14.2. The maximum Gasteiger partial charge on any atom is 0.329 e. The summed E-state index contributed by atoms with van der Waals surface area (Å²) >= 11 is 0. The largest absolute Gasteiger partial charge is 0.422 e. The van der Waals surface area contributed by atoms with Crippen molar-refractivity contribution in [3.05, 3.63) is 69.8 Å². The van der Waals surface area contributed by atoms with Crippen molar-refractivity contribution in [2.45, 2.75) is 39.0 Å². The summed E-state index contributed by atoms with van der Waals surface area (Å²) in [6.45, 7) is 5.39. The number of esters is 2. The van der Waals surface area contributed by atoms with E-state index in [1.54, 1.807) is 6.07 Å². The average molecular weight is 410 g/mol. The van der Waals surface area contributed by atoms with Crippen LogP contribution in [0.3, 0.4) is 0 Å². The average Bonchev–Trinajstić information content (AvgIpc) is 2.70. The Balaban J connectivity index is 1.97. The molecule has 0 bridgehead atoms. The Kier molecular flexibility index (Phi) is 4.52. The Morgan fingerprint density at radius 2 is 1.73 bits per heavy atom. The van der Waals surface area contributed by atoms with Gasteiger partial charge in [-0.1, -0.05) is 30.3 Å². The number of nitro groups is 1. The number of hydrogen-bond donors (Lipinski definition) is 0. The first kappa shape index (κ1) is 19.9. The second-order valence-corrected chi connectivity index (χ2v) is 8.00. The third kappa shape index (κ3) is 2.91. The highest BCUT2D eigenvalue weighted by molar-refractivity contribution is 6.04. The number of anilines is 1. The second kappa shape index (κ2) is 6.83. The maximum atomic E-state index is 13.4. The van der Waals surface area contributed by atoms with Gasteiger partial charge in [-0.25, -0.2) is 0 Å². The van der Waals surface area contributed by atoms with Crippen LogP contribution in [0.5, 0.6) is 0 Å². The lowest BCUT2D eigenvalue weighted by Gasteiger charge is -2.51. The van der Waals surface area contributed by atoms with Crippen LogP contribution in [-0.4, -0.2) is 29.2 Å². The Bertz CT molecular complexity index is 1010. The fourth-order valence-corrected chi connectivity index (χ4v) is 4.46. The number of nitro benzene ring substituents is 1. The summed E-state index contributed by atoms with van der Waals surface area (Å²) in [5.74, 6) is -2.75. The minimum absolute atomic E-state index is 0.0478. The Labute approximate surface area is 173 Å². The molecule has 8 nitrogen and oxygen atoms in total. The van der Waals surface area contributed by atoms with Gasteiger partial charge < -0.3 is 14.4 Å².